The highest BCUT2D eigenvalue weighted by Gasteiger charge is 1.97. The second kappa shape index (κ2) is 13.7. The number of para-hydroxylation sites is 1. The fourth-order valence-electron chi connectivity index (χ4n) is 1.59. The fourth-order valence-corrected chi connectivity index (χ4v) is 1.59. The molecule has 1 N–H and O–H groups in total. The van der Waals surface area contributed by atoms with Crippen molar-refractivity contribution >= 4 is 11.4 Å². The molecule has 0 amide bonds. The van der Waals surface area contributed by atoms with Gasteiger partial charge >= 0.3 is 0 Å². The average Bonchev–Trinajstić information content (AvgIpc) is 2.73. The lowest BCUT2D eigenvalue weighted by atomic mass is 10.2. The van der Waals surface area contributed by atoms with Gasteiger partial charge in [0.05, 0.1) is 48.4 Å². The van der Waals surface area contributed by atoms with Crippen LogP contribution in [0.2, 0.25) is 0 Å². The number of nitrogens with zero attached hydrogens (tertiary/aromatic N) is 6. The summed E-state index contributed by atoms with van der Waals surface area (Å²) in [5.41, 5.74) is 4.61. The van der Waals surface area contributed by atoms with Gasteiger partial charge in [-0.3, -0.25) is 5.43 Å². The fraction of sp³-hybridized carbons (Fsp3) is 0.300. The lowest BCUT2D eigenvalue weighted by Gasteiger charge is -1.96. The minimum atomic E-state index is -0.0915. The Bertz CT molecular complexity index is 749. The van der Waals surface area contributed by atoms with Crippen molar-refractivity contribution in [1.29, 1.82) is 10.5 Å². The quantitative estimate of drug-likeness (QED) is 0.515. The van der Waals surface area contributed by atoms with Gasteiger partial charge in [0.25, 0.3) is 0 Å². The first kappa shape index (κ1) is 21.5. The molecule has 0 radical (unpaired) electrons. The number of benzene rings is 2. The van der Waals surface area contributed by atoms with Crippen LogP contribution in [0.3, 0.4) is 0 Å². The SMILES string of the molecule is CC(C#N)CN=NCC(C)C#N.c1ccc(N=NNc2ccccc2)cc1. The lowest BCUT2D eigenvalue weighted by Crippen LogP contribution is -1.96. The molecule has 7 nitrogen and oxygen atoms in total. The summed E-state index contributed by atoms with van der Waals surface area (Å²) in [5.74, 6) is -0.183. The molecule has 0 aliphatic rings. The molecule has 2 rings (SSSR count). The smallest absolute Gasteiger partial charge is 0.0874 e. The van der Waals surface area contributed by atoms with Gasteiger partial charge in [-0.2, -0.15) is 20.8 Å². The van der Waals surface area contributed by atoms with Gasteiger partial charge in [0.1, 0.15) is 0 Å². The highest BCUT2D eigenvalue weighted by atomic mass is 15.4. The number of azo groups is 1. The number of anilines is 1. The third-order valence-electron chi connectivity index (χ3n) is 3.13. The molecule has 0 heterocycles. The second-order valence-corrected chi connectivity index (χ2v) is 5.72. The van der Waals surface area contributed by atoms with Gasteiger partial charge in [-0.05, 0) is 38.1 Å². The van der Waals surface area contributed by atoms with E-state index in [4.69, 9.17) is 10.5 Å². The summed E-state index contributed by atoms with van der Waals surface area (Å²) < 4.78 is 0. The lowest BCUT2D eigenvalue weighted by molar-refractivity contribution is 0.667. The van der Waals surface area contributed by atoms with Crippen molar-refractivity contribution in [3.8, 4) is 12.1 Å². The highest BCUT2D eigenvalue weighted by molar-refractivity contribution is 5.41. The van der Waals surface area contributed by atoms with Crippen molar-refractivity contribution in [3.05, 3.63) is 60.7 Å². The molecule has 7 heteroatoms. The third-order valence-corrected chi connectivity index (χ3v) is 3.13. The van der Waals surface area contributed by atoms with Crippen LogP contribution in [-0.2, 0) is 0 Å². The molecule has 0 saturated heterocycles. The van der Waals surface area contributed by atoms with Crippen LogP contribution >= 0.6 is 0 Å². The van der Waals surface area contributed by atoms with E-state index in [2.05, 4.69) is 26.0 Å². The maximum atomic E-state index is 8.39. The summed E-state index contributed by atoms with van der Waals surface area (Å²) in [4.78, 5) is 0. The Labute approximate surface area is 160 Å². The van der Waals surface area contributed by atoms with Gasteiger partial charge < -0.3 is 0 Å². The summed E-state index contributed by atoms with van der Waals surface area (Å²) in [7, 11) is 0. The van der Waals surface area contributed by atoms with E-state index in [9.17, 15) is 0 Å². The van der Waals surface area contributed by atoms with Gasteiger partial charge in [0, 0.05) is 0 Å². The third kappa shape index (κ3) is 10.8. The van der Waals surface area contributed by atoms with Crippen LogP contribution in [0.4, 0.5) is 11.4 Å². The Hall–Kier alpha value is -3.58. The normalized spacial score (nSPS) is 12.4. The van der Waals surface area contributed by atoms with E-state index >= 15 is 0 Å². The maximum Gasteiger partial charge on any atom is 0.0874 e. The number of nitriles is 2. The van der Waals surface area contributed by atoms with Crippen LogP contribution in [0.1, 0.15) is 13.8 Å². The van der Waals surface area contributed by atoms with Crippen molar-refractivity contribution in [3.63, 3.8) is 0 Å². The number of rotatable bonds is 7. The van der Waals surface area contributed by atoms with Crippen LogP contribution in [0.15, 0.2) is 81.2 Å². The zero-order chi connectivity index (χ0) is 19.7. The molecule has 0 saturated carbocycles. The van der Waals surface area contributed by atoms with Crippen LogP contribution in [0.5, 0.6) is 0 Å². The molecular formula is C20H23N7. The molecule has 0 fully saturated rings. The van der Waals surface area contributed by atoms with Gasteiger partial charge in [-0.15, -0.1) is 5.11 Å². The van der Waals surface area contributed by atoms with Gasteiger partial charge in [0.2, 0.25) is 0 Å². The zero-order valence-corrected chi connectivity index (χ0v) is 15.5. The minimum Gasteiger partial charge on any atom is -0.260 e. The predicted octanol–water partition coefficient (Wildman–Crippen LogP) is 5.56. The van der Waals surface area contributed by atoms with Crippen LogP contribution in [-0.4, -0.2) is 13.1 Å². The van der Waals surface area contributed by atoms with Crippen molar-refractivity contribution in [2.45, 2.75) is 13.8 Å². The van der Waals surface area contributed by atoms with E-state index in [1.165, 1.54) is 0 Å². The average molecular weight is 361 g/mol. The maximum absolute atomic E-state index is 8.39. The van der Waals surface area contributed by atoms with E-state index in [1.807, 2.05) is 72.8 Å². The molecule has 0 bridgehead atoms. The summed E-state index contributed by atoms with van der Waals surface area (Å²) >= 11 is 0. The predicted molar refractivity (Wildman–Crippen MR) is 105 cm³/mol. The van der Waals surface area contributed by atoms with Crippen molar-refractivity contribution in [2.24, 2.45) is 32.4 Å². The Morgan fingerprint density at radius 1 is 0.815 bits per heavy atom. The van der Waals surface area contributed by atoms with Crippen LogP contribution < -0.4 is 5.43 Å². The number of hydrogen-bond donors (Lipinski definition) is 1. The molecule has 2 atom stereocenters. The Balaban J connectivity index is 0.000000279. The standard InChI is InChI=1S/C12H11N3.C8H12N4/c1-3-7-11(8-4-1)13-15-14-12-9-5-2-6-10-12;1-7(3-9)5-11-12-6-8(2)4-10/h1-10H,(H,13,14);7-8H,5-6H2,1-2H3. The van der Waals surface area contributed by atoms with E-state index in [0.717, 1.165) is 11.4 Å². The summed E-state index contributed by atoms with van der Waals surface area (Å²) in [6.07, 6.45) is 0. The van der Waals surface area contributed by atoms with E-state index in [0.29, 0.717) is 13.1 Å². The monoisotopic (exact) mass is 361 g/mol. The first-order valence-corrected chi connectivity index (χ1v) is 8.55. The molecular weight excluding hydrogens is 338 g/mol. The molecule has 0 aromatic heterocycles. The minimum absolute atomic E-state index is 0.0915. The van der Waals surface area contributed by atoms with Crippen LogP contribution in [0, 0.1) is 34.5 Å². The van der Waals surface area contributed by atoms with Gasteiger partial charge in [-0.1, -0.05) is 41.6 Å². The summed E-state index contributed by atoms with van der Waals surface area (Å²) in [5, 5.41) is 32.2. The molecule has 2 aromatic carbocycles. The number of hydrogen-bond acceptors (Lipinski definition) is 6. The first-order chi connectivity index (χ1) is 13.2. The number of nitrogens with one attached hydrogen (secondary N) is 1. The Morgan fingerprint density at radius 3 is 1.78 bits per heavy atom. The molecule has 138 valence electrons. The van der Waals surface area contributed by atoms with Crippen molar-refractivity contribution < 1.29 is 0 Å². The summed E-state index contributed by atoms with van der Waals surface area (Å²) in [6.45, 7) is 4.42. The molecule has 27 heavy (non-hydrogen) atoms. The van der Waals surface area contributed by atoms with Crippen molar-refractivity contribution in [1.82, 2.24) is 0 Å². The van der Waals surface area contributed by atoms with E-state index < -0.39 is 0 Å². The molecule has 0 aliphatic heterocycles. The molecule has 2 aromatic rings. The van der Waals surface area contributed by atoms with Crippen LogP contribution in [0.25, 0.3) is 0 Å². The van der Waals surface area contributed by atoms with Gasteiger partial charge in [0.15, 0.2) is 0 Å². The van der Waals surface area contributed by atoms with Gasteiger partial charge in [-0.25, -0.2) is 0 Å². The van der Waals surface area contributed by atoms with E-state index in [-0.39, 0.29) is 11.8 Å². The second-order valence-electron chi connectivity index (χ2n) is 5.72. The topological polar surface area (TPSA) is 109 Å². The zero-order valence-electron chi connectivity index (χ0n) is 15.5. The highest BCUT2D eigenvalue weighted by Crippen LogP contribution is 2.11. The summed E-state index contributed by atoms with van der Waals surface area (Å²) in [6, 6.07) is 23.4. The first-order valence-electron chi connectivity index (χ1n) is 8.55. The largest absolute Gasteiger partial charge is 0.260 e. The van der Waals surface area contributed by atoms with E-state index in [1.54, 1.807) is 13.8 Å². The molecule has 0 aliphatic carbocycles. The molecule has 2 unspecified atom stereocenters. The van der Waals surface area contributed by atoms with Crippen molar-refractivity contribution in [2.75, 3.05) is 18.5 Å². The Morgan fingerprint density at radius 2 is 1.30 bits per heavy atom. The Kier molecular flexibility index (Phi) is 10.9. The molecule has 0 spiro atoms.